The Hall–Kier alpha value is -1.06. The van der Waals surface area contributed by atoms with Crippen molar-refractivity contribution in [2.24, 2.45) is 11.1 Å². The molecule has 0 saturated heterocycles. The van der Waals surface area contributed by atoms with Crippen LogP contribution in [0.1, 0.15) is 25.7 Å². The third-order valence-corrected chi connectivity index (χ3v) is 3.79. The second-order valence-corrected chi connectivity index (χ2v) is 5.09. The van der Waals surface area contributed by atoms with Gasteiger partial charge in [0.1, 0.15) is 0 Å². The summed E-state index contributed by atoms with van der Waals surface area (Å²) in [5, 5.41) is 3.59. The summed E-state index contributed by atoms with van der Waals surface area (Å²) in [6, 6.07) is 7.14. The Bertz CT molecular complexity index is 396. The molecule has 1 aromatic rings. The van der Waals surface area contributed by atoms with E-state index in [1.807, 2.05) is 0 Å². The van der Waals surface area contributed by atoms with Crippen LogP contribution in [0, 0.1) is 5.41 Å². The highest BCUT2D eigenvalue weighted by atomic mass is 35.5. The molecule has 2 rings (SSSR count). The fraction of sp³-hybridized carbons (Fsp3) is 0.462. The van der Waals surface area contributed by atoms with Crippen LogP contribution in [0.2, 0.25) is 5.02 Å². The Morgan fingerprint density at radius 3 is 2.41 bits per heavy atom. The molecule has 0 bridgehead atoms. The van der Waals surface area contributed by atoms with Crippen molar-refractivity contribution in [3.05, 3.63) is 29.3 Å². The van der Waals surface area contributed by atoms with E-state index in [1.54, 1.807) is 24.3 Å². The number of rotatable bonds is 3. The van der Waals surface area contributed by atoms with Crippen molar-refractivity contribution in [2.45, 2.75) is 25.7 Å². The van der Waals surface area contributed by atoms with Crippen molar-refractivity contribution in [3.63, 3.8) is 0 Å². The molecule has 0 radical (unpaired) electrons. The second-order valence-electron chi connectivity index (χ2n) is 4.65. The molecule has 0 aromatic heterocycles. The van der Waals surface area contributed by atoms with E-state index in [9.17, 15) is 4.79 Å². The fourth-order valence-electron chi connectivity index (χ4n) is 2.37. The highest BCUT2D eigenvalue weighted by molar-refractivity contribution is 6.30. The lowest BCUT2D eigenvalue weighted by Gasteiger charge is -2.25. The third kappa shape index (κ3) is 2.61. The van der Waals surface area contributed by atoms with Gasteiger partial charge in [-0.1, -0.05) is 24.4 Å². The van der Waals surface area contributed by atoms with Gasteiger partial charge in [-0.15, -0.1) is 0 Å². The van der Waals surface area contributed by atoms with Gasteiger partial charge in [0, 0.05) is 17.3 Å². The van der Waals surface area contributed by atoms with Crippen LogP contribution in [0.25, 0.3) is 0 Å². The maximum absolute atomic E-state index is 12.2. The summed E-state index contributed by atoms with van der Waals surface area (Å²) in [5.74, 6) is 0.0415. The summed E-state index contributed by atoms with van der Waals surface area (Å²) in [4.78, 5) is 12.2. The van der Waals surface area contributed by atoms with E-state index in [1.165, 1.54) is 0 Å². The van der Waals surface area contributed by atoms with Crippen molar-refractivity contribution in [3.8, 4) is 0 Å². The minimum absolute atomic E-state index is 0.0415. The van der Waals surface area contributed by atoms with Crippen molar-refractivity contribution in [2.75, 3.05) is 11.9 Å². The summed E-state index contributed by atoms with van der Waals surface area (Å²) in [6.45, 7) is 0.423. The Balaban J connectivity index is 2.08. The first-order valence-electron chi connectivity index (χ1n) is 5.93. The van der Waals surface area contributed by atoms with E-state index < -0.39 is 0 Å². The first-order valence-corrected chi connectivity index (χ1v) is 6.31. The first-order chi connectivity index (χ1) is 8.16. The van der Waals surface area contributed by atoms with Gasteiger partial charge >= 0.3 is 0 Å². The van der Waals surface area contributed by atoms with Crippen LogP contribution < -0.4 is 11.1 Å². The maximum atomic E-state index is 12.2. The highest BCUT2D eigenvalue weighted by Crippen LogP contribution is 2.38. The minimum Gasteiger partial charge on any atom is -0.329 e. The van der Waals surface area contributed by atoms with Crippen LogP contribution in [0.5, 0.6) is 0 Å². The third-order valence-electron chi connectivity index (χ3n) is 3.54. The van der Waals surface area contributed by atoms with Crippen molar-refractivity contribution >= 4 is 23.2 Å². The monoisotopic (exact) mass is 252 g/mol. The normalized spacial score (nSPS) is 18.0. The van der Waals surface area contributed by atoms with Crippen LogP contribution in [0.15, 0.2) is 24.3 Å². The molecule has 3 nitrogen and oxygen atoms in total. The molecule has 0 heterocycles. The molecule has 1 aliphatic carbocycles. The van der Waals surface area contributed by atoms with Crippen molar-refractivity contribution < 1.29 is 4.79 Å². The zero-order chi connectivity index (χ0) is 12.3. The summed E-state index contributed by atoms with van der Waals surface area (Å²) >= 11 is 5.80. The molecule has 1 fully saturated rings. The number of nitrogens with one attached hydrogen (secondary N) is 1. The van der Waals surface area contributed by atoms with Crippen molar-refractivity contribution in [1.29, 1.82) is 0 Å². The number of carbonyl (C=O) groups is 1. The van der Waals surface area contributed by atoms with Gasteiger partial charge in [0.05, 0.1) is 5.41 Å². The molecule has 3 N–H and O–H groups in total. The number of anilines is 1. The predicted molar refractivity (Wildman–Crippen MR) is 70.0 cm³/mol. The lowest BCUT2D eigenvalue weighted by Crippen LogP contribution is -2.40. The van der Waals surface area contributed by atoms with Crippen LogP contribution in [0.3, 0.4) is 0 Å². The van der Waals surface area contributed by atoms with Crippen LogP contribution >= 0.6 is 11.6 Å². The summed E-state index contributed by atoms with van der Waals surface area (Å²) in [5.41, 5.74) is 6.18. The summed E-state index contributed by atoms with van der Waals surface area (Å²) < 4.78 is 0. The van der Waals surface area contributed by atoms with Gasteiger partial charge in [0.2, 0.25) is 5.91 Å². The van der Waals surface area contributed by atoms with Gasteiger partial charge in [0.25, 0.3) is 0 Å². The van der Waals surface area contributed by atoms with E-state index in [0.717, 1.165) is 31.4 Å². The second kappa shape index (κ2) is 5.07. The van der Waals surface area contributed by atoms with Crippen LogP contribution in [0.4, 0.5) is 5.69 Å². The Morgan fingerprint density at radius 2 is 1.88 bits per heavy atom. The molecule has 1 aromatic carbocycles. The number of nitrogens with two attached hydrogens (primary N) is 1. The Morgan fingerprint density at radius 1 is 1.29 bits per heavy atom. The molecule has 1 amide bonds. The molecular weight excluding hydrogens is 236 g/mol. The van der Waals surface area contributed by atoms with Crippen LogP contribution in [-0.2, 0) is 4.79 Å². The smallest absolute Gasteiger partial charge is 0.231 e. The molecule has 17 heavy (non-hydrogen) atoms. The number of benzene rings is 1. The summed E-state index contributed by atoms with van der Waals surface area (Å²) in [6.07, 6.45) is 3.96. The van der Waals surface area contributed by atoms with E-state index >= 15 is 0 Å². The summed E-state index contributed by atoms with van der Waals surface area (Å²) in [7, 11) is 0. The number of hydrogen-bond acceptors (Lipinski definition) is 2. The zero-order valence-electron chi connectivity index (χ0n) is 9.71. The molecule has 0 unspecified atom stereocenters. The molecule has 0 aliphatic heterocycles. The quantitative estimate of drug-likeness (QED) is 0.869. The first kappa shape index (κ1) is 12.4. The fourth-order valence-corrected chi connectivity index (χ4v) is 2.50. The van der Waals surface area contributed by atoms with E-state index in [4.69, 9.17) is 17.3 Å². The topological polar surface area (TPSA) is 55.1 Å². The Labute approximate surface area is 106 Å². The average molecular weight is 253 g/mol. The lowest BCUT2D eigenvalue weighted by molar-refractivity contribution is -0.124. The van der Waals surface area contributed by atoms with E-state index in [2.05, 4.69) is 5.32 Å². The van der Waals surface area contributed by atoms with Gasteiger partial charge in [-0.3, -0.25) is 4.79 Å². The number of carbonyl (C=O) groups excluding carboxylic acids is 1. The van der Waals surface area contributed by atoms with E-state index in [0.29, 0.717) is 11.6 Å². The lowest BCUT2D eigenvalue weighted by atomic mass is 9.85. The molecule has 0 spiro atoms. The largest absolute Gasteiger partial charge is 0.329 e. The van der Waals surface area contributed by atoms with Gasteiger partial charge in [-0.05, 0) is 37.1 Å². The average Bonchev–Trinajstić information content (AvgIpc) is 2.82. The molecule has 1 saturated carbocycles. The van der Waals surface area contributed by atoms with Gasteiger partial charge < -0.3 is 11.1 Å². The molecule has 0 atom stereocenters. The highest BCUT2D eigenvalue weighted by Gasteiger charge is 2.39. The van der Waals surface area contributed by atoms with Crippen LogP contribution in [-0.4, -0.2) is 12.5 Å². The number of amides is 1. The van der Waals surface area contributed by atoms with Gasteiger partial charge in [0.15, 0.2) is 0 Å². The zero-order valence-corrected chi connectivity index (χ0v) is 10.5. The minimum atomic E-state index is -0.361. The van der Waals surface area contributed by atoms with Gasteiger partial charge in [-0.2, -0.15) is 0 Å². The SMILES string of the molecule is NCC1(C(=O)Nc2ccc(Cl)cc2)CCCC1. The van der Waals surface area contributed by atoms with E-state index in [-0.39, 0.29) is 11.3 Å². The standard InChI is InChI=1S/C13H17ClN2O/c14-10-3-5-11(6-4-10)16-12(17)13(9-15)7-1-2-8-13/h3-6H,1-2,7-9,15H2,(H,16,17). The number of hydrogen-bond donors (Lipinski definition) is 2. The Kier molecular flexibility index (Phi) is 3.69. The molecule has 1 aliphatic rings. The maximum Gasteiger partial charge on any atom is 0.231 e. The molecular formula is C13H17ClN2O. The predicted octanol–water partition coefficient (Wildman–Crippen LogP) is 2.80. The number of halogens is 1. The van der Waals surface area contributed by atoms with Gasteiger partial charge in [-0.25, -0.2) is 0 Å². The molecule has 4 heteroatoms. The molecule has 92 valence electrons. The van der Waals surface area contributed by atoms with Crippen molar-refractivity contribution in [1.82, 2.24) is 0 Å².